The Bertz CT molecular complexity index is 602. The fraction of sp³-hybridized carbons (Fsp3) is 0.579. The van der Waals surface area contributed by atoms with Crippen LogP contribution in [0.2, 0.25) is 0 Å². The van der Waals surface area contributed by atoms with Gasteiger partial charge in [0.05, 0.1) is 12.0 Å². The van der Waals surface area contributed by atoms with Crippen LogP contribution in [0, 0.1) is 0 Å². The predicted molar refractivity (Wildman–Crippen MR) is 92.4 cm³/mol. The number of aliphatic hydroxyl groups is 1. The van der Waals surface area contributed by atoms with Gasteiger partial charge in [0.1, 0.15) is 0 Å². The van der Waals surface area contributed by atoms with E-state index in [0.717, 1.165) is 36.9 Å². The van der Waals surface area contributed by atoms with E-state index in [0.29, 0.717) is 25.4 Å². The maximum absolute atomic E-state index is 12.1. The number of hydrogen-bond donors (Lipinski definition) is 2. The summed E-state index contributed by atoms with van der Waals surface area (Å²) in [6.45, 7) is 2.23. The number of carbonyl (C=O) groups excluding carboxylic acids is 2. The van der Waals surface area contributed by atoms with E-state index in [2.05, 4.69) is 5.32 Å². The Morgan fingerprint density at radius 1 is 1.21 bits per heavy atom. The molecule has 0 atom stereocenters. The maximum atomic E-state index is 12.1. The number of benzene rings is 1. The van der Waals surface area contributed by atoms with Crippen LogP contribution in [0.25, 0.3) is 0 Å². The minimum absolute atomic E-state index is 0.111. The summed E-state index contributed by atoms with van der Waals surface area (Å²) in [6, 6.07) is 8.00. The summed E-state index contributed by atoms with van der Waals surface area (Å²) in [5.74, 6) is -0.0322. The molecule has 2 N–H and O–H groups in total. The van der Waals surface area contributed by atoms with Crippen molar-refractivity contribution >= 4 is 17.5 Å². The second-order valence-electron chi connectivity index (χ2n) is 7.23. The van der Waals surface area contributed by atoms with E-state index < -0.39 is 5.60 Å². The molecule has 1 aromatic rings. The molecule has 1 aromatic carbocycles. The first kappa shape index (κ1) is 17.0. The predicted octanol–water partition coefficient (Wildman–Crippen LogP) is 2.83. The first-order valence-electron chi connectivity index (χ1n) is 8.84. The molecule has 0 heterocycles. The van der Waals surface area contributed by atoms with Crippen molar-refractivity contribution in [2.24, 2.45) is 0 Å². The van der Waals surface area contributed by atoms with E-state index in [1.807, 2.05) is 29.2 Å². The Labute approximate surface area is 143 Å². The molecule has 2 amide bonds. The lowest BCUT2D eigenvalue weighted by Crippen LogP contribution is -2.31. The molecule has 0 radical (unpaired) electrons. The number of hydrogen-bond acceptors (Lipinski definition) is 3. The molecule has 2 aliphatic rings. The van der Waals surface area contributed by atoms with Gasteiger partial charge >= 0.3 is 0 Å². The average molecular weight is 330 g/mol. The van der Waals surface area contributed by atoms with Crippen LogP contribution in [0.5, 0.6) is 0 Å². The van der Waals surface area contributed by atoms with Crippen LogP contribution in [-0.2, 0) is 16.1 Å². The van der Waals surface area contributed by atoms with Crippen molar-refractivity contribution in [3.05, 3.63) is 29.8 Å². The Balaban J connectivity index is 1.54. The number of amides is 2. The van der Waals surface area contributed by atoms with Crippen LogP contribution in [0.15, 0.2) is 24.3 Å². The highest BCUT2D eigenvalue weighted by Gasteiger charge is 2.33. The Morgan fingerprint density at radius 3 is 2.38 bits per heavy atom. The smallest absolute Gasteiger partial charge is 0.227 e. The lowest BCUT2D eigenvalue weighted by atomic mass is 9.97. The van der Waals surface area contributed by atoms with Crippen molar-refractivity contribution in [1.82, 2.24) is 4.90 Å². The van der Waals surface area contributed by atoms with Crippen LogP contribution < -0.4 is 5.32 Å². The number of carbonyl (C=O) groups is 2. The highest BCUT2D eigenvalue weighted by Crippen LogP contribution is 2.32. The zero-order valence-corrected chi connectivity index (χ0v) is 14.3. The lowest BCUT2D eigenvalue weighted by Gasteiger charge is -2.22. The Hall–Kier alpha value is -1.88. The van der Waals surface area contributed by atoms with Crippen LogP contribution in [0.1, 0.15) is 57.4 Å². The number of rotatable bonds is 6. The second-order valence-corrected chi connectivity index (χ2v) is 7.23. The first-order chi connectivity index (χ1) is 11.5. The van der Waals surface area contributed by atoms with Crippen LogP contribution in [0.3, 0.4) is 0 Å². The van der Waals surface area contributed by atoms with E-state index >= 15 is 0 Å². The number of anilines is 1. The minimum Gasteiger partial charge on any atom is -0.389 e. The first-order valence-corrected chi connectivity index (χ1v) is 8.84. The second kappa shape index (κ2) is 6.93. The molecule has 0 unspecified atom stereocenters. The highest BCUT2D eigenvalue weighted by molar-refractivity contribution is 5.91. The van der Waals surface area contributed by atoms with Gasteiger partial charge in [-0.1, -0.05) is 25.0 Å². The van der Waals surface area contributed by atoms with Gasteiger partial charge in [0, 0.05) is 25.2 Å². The van der Waals surface area contributed by atoms with Gasteiger partial charge in [-0.3, -0.25) is 9.59 Å². The average Bonchev–Trinajstić information content (AvgIpc) is 3.27. The van der Waals surface area contributed by atoms with Gasteiger partial charge in [0.2, 0.25) is 11.8 Å². The van der Waals surface area contributed by atoms with Gasteiger partial charge in [0.25, 0.3) is 0 Å². The zero-order chi connectivity index (χ0) is 17.2. The van der Waals surface area contributed by atoms with Gasteiger partial charge in [-0.2, -0.15) is 0 Å². The molecular formula is C19H26N2O3. The van der Waals surface area contributed by atoms with Gasteiger partial charge in [0.15, 0.2) is 0 Å². The molecule has 0 bridgehead atoms. The standard InChI is InChI=1S/C19H26N2O3/c1-14(22)21(17-8-9-17)13-15-4-6-16(7-5-15)20-18(23)12-19(24)10-2-3-11-19/h4-7,17,24H,2-3,8-13H2,1H3,(H,20,23). The van der Waals surface area contributed by atoms with E-state index in [1.165, 1.54) is 0 Å². The van der Waals surface area contributed by atoms with Crippen LogP contribution in [-0.4, -0.2) is 33.5 Å². The molecule has 0 saturated heterocycles. The third kappa shape index (κ3) is 4.35. The molecule has 24 heavy (non-hydrogen) atoms. The van der Waals surface area contributed by atoms with Gasteiger partial charge in [-0.05, 0) is 43.4 Å². The molecule has 5 heteroatoms. The molecule has 130 valence electrons. The number of nitrogens with zero attached hydrogens (tertiary/aromatic N) is 1. The molecule has 2 fully saturated rings. The van der Waals surface area contributed by atoms with Gasteiger partial charge < -0.3 is 15.3 Å². The summed E-state index contributed by atoms with van der Waals surface area (Å²) in [7, 11) is 0. The minimum atomic E-state index is -0.823. The monoisotopic (exact) mass is 330 g/mol. The summed E-state index contributed by atoms with van der Waals surface area (Å²) in [5, 5.41) is 13.1. The van der Waals surface area contributed by atoms with Crippen molar-refractivity contribution in [2.75, 3.05) is 5.32 Å². The zero-order valence-electron chi connectivity index (χ0n) is 14.3. The third-order valence-electron chi connectivity index (χ3n) is 5.01. The van der Waals surface area contributed by atoms with E-state index in [9.17, 15) is 14.7 Å². The molecule has 2 aliphatic carbocycles. The molecule has 2 saturated carbocycles. The third-order valence-corrected chi connectivity index (χ3v) is 5.01. The van der Waals surface area contributed by atoms with Crippen molar-refractivity contribution in [3.63, 3.8) is 0 Å². The van der Waals surface area contributed by atoms with Crippen LogP contribution >= 0.6 is 0 Å². The molecule has 0 spiro atoms. The van der Waals surface area contributed by atoms with E-state index in [1.54, 1.807) is 6.92 Å². The Kier molecular flexibility index (Phi) is 4.90. The van der Waals surface area contributed by atoms with Gasteiger partial charge in [-0.15, -0.1) is 0 Å². The summed E-state index contributed by atoms with van der Waals surface area (Å²) in [5.41, 5.74) is 0.965. The van der Waals surface area contributed by atoms with Crippen molar-refractivity contribution in [2.45, 2.75) is 70.1 Å². The van der Waals surface area contributed by atoms with E-state index in [4.69, 9.17) is 0 Å². The van der Waals surface area contributed by atoms with E-state index in [-0.39, 0.29) is 18.2 Å². The molecular weight excluding hydrogens is 304 g/mol. The highest BCUT2D eigenvalue weighted by atomic mass is 16.3. The normalized spacial score (nSPS) is 19.1. The quantitative estimate of drug-likeness (QED) is 0.842. The fourth-order valence-electron chi connectivity index (χ4n) is 3.49. The molecule has 5 nitrogen and oxygen atoms in total. The summed E-state index contributed by atoms with van der Waals surface area (Å²) in [6.07, 6.45) is 5.75. The topological polar surface area (TPSA) is 69.6 Å². The van der Waals surface area contributed by atoms with Crippen molar-refractivity contribution < 1.29 is 14.7 Å². The van der Waals surface area contributed by atoms with Crippen molar-refractivity contribution in [3.8, 4) is 0 Å². The Morgan fingerprint density at radius 2 is 1.83 bits per heavy atom. The SMILES string of the molecule is CC(=O)N(Cc1ccc(NC(=O)CC2(O)CCCC2)cc1)C1CC1. The lowest BCUT2D eigenvalue weighted by molar-refractivity contribution is -0.130. The molecule has 0 aromatic heterocycles. The molecule has 3 rings (SSSR count). The summed E-state index contributed by atoms with van der Waals surface area (Å²) < 4.78 is 0. The van der Waals surface area contributed by atoms with Crippen LogP contribution in [0.4, 0.5) is 5.69 Å². The van der Waals surface area contributed by atoms with Crippen molar-refractivity contribution in [1.29, 1.82) is 0 Å². The van der Waals surface area contributed by atoms with Gasteiger partial charge in [-0.25, -0.2) is 0 Å². The summed E-state index contributed by atoms with van der Waals surface area (Å²) in [4.78, 5) is 25.7. The summed E-state index contributed by atoms with van der Waals surface area (Å²) >= 11 is 0. The largest absolute Gasteiger partial charge is 0.389 e. The number of nitrogens with one attached hydrogen (secondary N) is 1. The maximum Gasteiger partial charge on any atom is 0.227 e. The fourth-order valence-corrected chi connectivity index (χ4v) is 3.49. The molecule has 0 aliphatic heterocycles.